The second kappa shape index (κ2) is 6.19. The van der Waals surface area contributed by atoms with E-state index in [1.807, 2.05) is 24.7 Å². The molecule has 0 radical (unpaired) electrons. The summed E-state index contributed by atoms with van der Waals surface area (Å²) in [6, 6.07) is 9.68. The van der Waals surface area contributed by atoms with Crippen LogP contribution in [0, 0.1) is 0 Å². The van der Waals surface area contributed by atoms with Crippen molar-refractivity contribution in [3.8, 4) is 0 Å². The molecule has 7 heteroatoms. The molecule has 2 amide bonds. The van der Waals surface area contributed by atoms with Gasteiger partial charge in [0.15, 0.2) is 0 Å². The van der Waals surface area contributed by atoms with Crippen molar-refractivity contribution >= 4 is 17.5 Å². The Hall–Kier alpha value is -3.09. The quantitative estimate of drug-likeness (QED) is 0.692. The van der Waals surface area contributed by atoms with Crippen LogP contribution in [-0.4, -0.2) is 25.8 Å². The Morgan fingerprint density at radius 2 is 2.08 bits per heavy atom. The molecule has 3 aromatic rings. The van der Waals surface area contributed by atoms with E-state index in [9.17, 15) is 4.79 Å². The van der Waals surface area contributed by atoms with Crippen molar-refractivity contribution in [2.24, 2.45) is 0 Å². The first-order valence-corrected chi connectivity index (χ1v) is 7.97. The molecule has 0 spiro atoms. The number of fused-ring (bicyclic) bond motifs is 1. The van der Waals surface area contributed by atoms with Crippen LogP contribution in [0.2, 0.25) is 0 Å². The van der Waals surface area contributed by atoms with E-state index in [4.69, 9.17) is 0 Å². The molecule has 1 aliphatic rings. The number of carbonyl (C=O) groups excluding carboxylic acids is 1. The number of nitrogens with zero attached hydrogens (tertiary/aromatic N) is 3. The molecule has 0 saturated carbocycles. The van der Waals surface area contributed by atoms with Gasteiger partial charge in [0.2, 0.25) is 0 Å². The molecule has 1 aliphatic heterocycles. The maximum absolute atomic E-state index is 11.9. The SMILES string of the molecule is O=C(Nc1ccc([C@@H]2CCCc3cncn32)cc1)Nc1ccn[nH]1. The van der Waals surface area contributed by atoms with Gasteiger partial charge in [-0.1, -0.05) is 12.1 Å². The van der Waals surface area contributed by atoms with Crippen LogP contribution in [0.15, 0.2) is 49.1 Å². The third-order valence-electron chi connectivity index (χ3n) is 4.29. The minimum atomic E-state index is -0.304. The fraction of sp³-hybridized carbons (Fsp3) is 0.235. The number of H-pyrrole nitrogens is 1. The molecule has 24 heavy (non-hydrogen) atoms. The van der Waals surface area contributed by atoms with E-state index in [0.717, 1.165) is 18.5 Å². The average molecular weight is 322 g/mol. The summed E-state index contributed by atoms with van der Waals surface area (Å²) < 4.78 is 2.25. The molecule has 0 unspecified atom stereocenters. The Balaban J connectivity index is 1.45. The van der Waals surface area contributed by atoms with Crippen LogP contribution in [0.25, 0.3) is 0 Å². The first kappa shape index (κ1) is 14.5. The van der Waals surface area contributed by atoms with E-state index in [-0.39, 0.29) is 6.03 Å². The third-order valence-corrected chi connectivity index (χ3v) is 4.29. The fourth-order valence-electron chi connectivity index (χ4n) is 3.15. The lowest BCUT2D eigenvalue weighted by Gasteiger charge is -2.26. The zero-order chi connectivity index (χ0) is 16.4. The van der Waals surface area contributed by atoms with E-state index in [0.29, 0.717) is 11.9 Å². The molecular formula is C17H18N6O. The van der Waals surface area contributed by atoms with Crippen molar-refractivity contribution in [2.75, 3.05) is 10.6 Å². The maximum Gasteiger partial charge on any atom is 0.324 e. The highest BCUT2D eigenvalue weighted by atomic mass is 16.2. The van der Waals surface area contributed by atoms with Crippen LogP contribution in [0.4, 0.5) is 16.3 Å². The highest BCUT2D eigenvalue weighted by molar-refractivity contribution is 5.99. The van der Waals surface area contributed by atoms with Gasteiger partial charge in [-0.3, -0.25) is 10.4 Å². The van der Waals surface area contributed by atoms with E-state index >= 15 is 0 Å². The van der Waals surface area contributed by atoms with Gasteiger partial charge in [0.25, 0.3) is 0 Å². The van der Waals surface area contributed by atoms with Crippen LogP contribution >= 0.6 is 0 Å². The van der Waals surface area contributed by atoms with Gasteiger partial charge in [-0.2, -0.15) is 5.10 Å². The van der Waals surface area contributed by atoms with E-state index in [1.165, 1.54) is 17.7 Å². The first-order valence-electron chi connectivity index (χ1n) is 7.97. The van der Waals surface area contributed by atoms with Crippen molar-refractivity contribution in [2.45, 2.75) is 25.3 Å². The predicted octanol–water partition coefficient (Wildman–Crippen LogP) is 3.18. The smallest absolute Gasteiger partial charge is 0.324 e. The molecule has 3 heterocycles. The van der Waals surface area contributed by atoms with E-state index in [1.54, 1.807) is 12.3 Å². The molecule has 4 rings (SSSR count). The number of nitrogens with one attached hydrogen (secondary N) is 3. The number of imidazole rings is 1. The molecule has 7 nitrogen and oxygen atoms in total. The summed E-state index contributed by atoms with van der Waals surface area (Å²) in [5.41, 5.74) is 3.26. The molecule has 1 atom stereocenters. The lowest BCUT2D eigenvalue weighted by molar-refractivity contribution is 0.262. The van der Waals surface area contributed by atoms with Crippen molar-refractivity contribution in [1.29, 1.82) is 0 Å². The molecule has 3 N–H and O–H groups in total. The van der Waals surface area contributed by atoms with Crippen LogP contribution in [0.5, 0.6) is 0 Å². The van der Waals surface area contributed by atoms with Crippen LogP contribution in [0.3, 0.4) is 0 Å². The summed E-state index contributed by atoms with van der Waals surface area (Å²) in [4.78, 5) is 16.2. The van der Waals surface area contributed by atoms with E-state index in [2.05, 4.69) is 42.5 Å². The Bertz CT molecular complexity index is 821. The standard InChI is InChI=1S/C17H18N6O/c24-17(21-16-8-9-19-22-16)20-13-6-4-12(5-7-13)15-3-1-2-14-10-18-11-23(14)15/h4-11,15H,1-3H2,(H3,19,20,21,22,24)/t15-/m0/s1. The third kappa shape index (κ3) is 2.88. The summed E-state index contributed by atoms with van der Waals surface area (Å²) in [7, 11) is 0. The summed E-state index contributed by atoms with van der Waals surface area (Å²) in [5, 5.41) is 12.0. The highest BCUT2D eigenvalue weighted by Crippen LogP contribution is 2.30. The molecule has 1 aromatic carbocycles. The predicted molar refractivity (Wildman–Crippen MR) is 91.0 cm³/mol. The molecule has 122 valence electrons. The summed E-state index contributed by atoms with van der Waals surface area (Å²) in [6.45, 7) is 0. The number of amides is 2. The van der Waals surface area contributed by atoms with E-state index < -0.39 is 0 Å². The van der Waals surface area contributed by atoms with Gasteiger partial charge in [0.1, 0.15) is 5.82 Å². The van der Waals surface area contributed by atoms with Crippen LogP contribution < -0.4 is 10.6 Å². The topological polar surface area (TPSA) is 87.6 Å². The second-order valence-corrected chi connectivity index (χ2v) is 5.87. The normalized spacial score (nSPS) is 16.4. The Morgan fingerprint density at radius 3 is 2.88 bits per heavy atom. The van der Waals surface area contributed by atoms with Crippen molar-refractivity contribution in [3.05, 3.63) is 60.3 Å². The lowest BCUT2D eigenvalue weighted by Crippen LogP contribution is -2.20. The highest BCUT2D eigenvalue weighted by Gasteiger charge is 2.20. The number of rotatable bonds is 3. The molecular weight excluding hydrogens is 304 g/mol. The summed E-state index contributed by atoms with van der Waals surface area (Å²) in [5.74, 6) is 0.555. The van der Waals surface area contributed by atoms with Gasteiger partial charge < -0.3 is 9.88 Å². The number of anilines is 2. The second-order valence-electron chi connectivity index (χ2n) is 5.87. The number of benzene rings is 1. The van der Waals surface area contributed by atoms with Crippen molar-refractivity contribution in [1.82, 2.24) is 19.7 Å². The summed E-state index contributed by atoms with van der Waals surface area (Å²) >= 11 is 0. The molecule has 0 aliphatic carbocycles. The zero-order valence-corrected chi connectivity index (χ0v) is 13.1. The minimum absolute atomic E-state index is 0.304. The average Bonchev–Trinajstić information content (AvgIpc) is 3.26. The zero-order valence-electron chi connectivity index (χ0n) is 13.1. The first-order chi connectivity index (χ1) is 11.8. The Kier molecular flexibility index (Phi) is 3.74. The number of hydrogen-bond donors (Lipinski definition) is 3. The fourth-order valence-corrected chi connectivity index (χ4v) is 3.15. The Morgan fingerprint density at radius 1 is 1.21 bits per heavy atom. The number of aromatic amines is 1. The number of urea groups is 1. The number of aromatic nitrogens is 4. The number of hydrogen-bond acceptors (Lipinski definition) is 3. The molecule has 0 saturated heterocycles. The number of carbonyl (C=O) groups is 1. The molecule has 2 aromatic heterocycles. The van der Waals surface area contributed by atoms with Crippen molar-refractivity contribution in [3.63, 3.8) is 0 Å². The van der Waals surface area contributed by atoms with Gasteiger partial charge in [-0.15, -0.1) is 0 Å². The lowest BCUT2D eigenvalue weighted by atomic mass is 9.96. The van der Waals surface area contributed by atoms with Gasteiger partial charge in [0.05, 0.1) is 18.6 Å². The van der Waals surface area contributed by atoms with Gasteiger partial charge in [-0.25, -0.2) is 9.78 Å². The van der Waals surface area contributed by atoms with Gasteiger partial charge in [0, 0.05) is 23.6 Å². The van der Waals surface area contributed by atoms with Crippen molar-refractivity contribution < 1.29 is 4.79 Å². The van der Waals surface area contributed by atoms with Gasteiger partial charge in [-0.05, 0) is 37.0 Å². The summed E-state index contributed by atoms with van der Waals surface area (Å²) in [6.07, 6.45) is 8.80. The van der Waals surface area contributed by atoms with Crippen LogP contribution in [0.1, 0.15) is 30.1 Å². The molecule has 0 fully saturated rings. The maximum atomic E-state index is 11.9. The number of aryl methyl sites for hydroxylation is 1. The van der Waals surface area contributed by atoms with Gasteiger partial charge >= 0.3 is 6.03 Å². The molecule has 0 bridgehead atoms. The Labute approximate surface area is 139 Å². The largest absolute Gasteiger partial charge is 0.327 e. The monoisotopic (exact) mass is 322 g/mol. The van der Waals surface area contributed by atoms with Crippen LogP contribution in [-0.2, 0) is 6.42 Å². The minimum Gasteiger partial charge on any atom is -0.327 e.